The number of hydrogen-bond donors (Lipinski definition) is 1. The third kappa shape index (κ3) is 5.18. The SMILES string of the molecule is CCOc1ccc(NC(=O)OC(C)C)cc1COC. The quantitative estimate of drug-likeness (QED) is 0.860. The van der Waals surface area contributed by atoms with E-state index in [1.807, 2.05) is 19.1 Å². The highest BCUT2D eigenvalue weighted by molar-refractivity contribution is 5.85. The molecule has 1 aromatic carbocycles. The van der Waals surface area contributed by atoms with Gasteiger partial charge in [0.2, 0.25) is 0 Å². The predicted molar refractivity (Wildman–Crippen MR) is 73.6 cm³/mol. The molecule has 0 fully saturated rings. The minimum Gasteiger partial charge on any atom is -0.494 e. The summed E-state index contributed by atoms with van der Waals surface area (Å²) >= 11 is 0. The van der Waals surface area contributed by atoms with Crippen LogP contribution in [0.5, 0.6) is 5.75 Å². The maximum Gasteiger partial charge on any atom is 0.411 e. The summed E-state index contributed by atoms with van der Waals surface area (Å²) < 4.78 is 15.6. The van der Waals surface area contributed by atoms with Crippen LogP contribution in [0.2, 0.25) is 0 Å². The molecule has 0 bridgehead atoms. The molecular formula is C14H21NO4. The zero-order valence-corrected chi connectivity index (χ0v) is 11.9. The minimum atomic E-state index is -0.470. The molecule has 0 radical (unpaired) electrons. The van der Waals surface area contributed by atoms with E-state index >= 15 is 0 Å². The fourth-order valence-corrected chi connectivity index (χ4v) is 1.58. The van der Waals surface area contributed by atoms with Gasteiger partial charge in [0.25, 0.3) is 0 Å². The second-order valence-corrected chi connectivity index (χ2v) is 4.27. The number of amides is 1. The zero-order chi connectivity index (χ0) is 14.3. The van der Waals surface area contributed by atoms with Crippen LogP contribution in [0.4, 0.5) is 10.5 Å². The monoisotopic (exact) mass is 267 g/mol. The Morgan fingerprint density at radius 2 is 2.11 bits per heavy atom. The van der Waals surface area contributed by atoms with Gasteiger partial charge in [-0.2, -0.15) is 0 Å². The first kappa shape index (κ1) is 15.3. The minimum absolute atomic E-state index is 0.152. The number of carbonyl (C=O) groups is 1. The Bertz CT molecular complexity index is 418. The topological polar surface area (TPSA) is 56.8 Å². The van der Waals surface area contributed by atoms with Crippen LogP contribution in [0.15, 0.2) is 18.2 Å². The van der Waals surface area contributed by atoms with Crippen LogP contribution in [0.25, 0.3) is 0 Å². The largest absolute Gasteiger partial charge is 0.494 e. The molecule has 0 spiro atoms. The van der Waals surface area contributed by atoms with Crippen molar-refractivity contribution in [3.05, 3.63) is 23.8 Å². The van der Waals surface area contributed by atoms with Crippen molar-refractivity contribution in [2.24, 2.45) is 0 Å². The van der Waals surface area contributed by atoms with E-state index in [-0.39, 0.29) is 6.10 Å². The van der Waals surface area contributed by atoms with E-state index in [0.29, 0.717) is 18.9 Å². The molecule has 0 unspecified atom stereocenters. The Morgan fingerprint density at radius 3 is 2.68 bits per heavy atom. The van der Waals surface area contributed by atoms with E-state index in [1.165, 1.54) is 0 Å². The Morgan fingerprint density at radius 1 is 1.37 bits per heavy atom. The summed E-state index contributed by atoms with van der Waals surface area (Å²) in [4.78, 5) is 11.5. The fraction of sp³-hybridized carbons (Fsp3) is 0.500. The fourth-order valence-electron chi connectivity index (χ4n) is 1.58. The molecular weight excluding hydrogens is 246 g/mol. The van der Waals surface area contributed by atoms with Crippen molar-refractivity contribution in [1.82, 2.24) is 0 Å². The molecule has 5 heteroatoms. The molecule has 0 saturated heterocycles. The van der Waals surface area contributed by atoms with Crippen molar-refractivity contribution in [3.8, 4) is 5.75 Å². The van der Waals surface area contributed by atoms with Gasteiger partial charge < -0.3 is 14.2 Å². The van der Waals surface area contributed by atoms with Crippen molar-refractivity contribution in [2.45, 2.75) is 33.5 Å². The van der Waals surface area contributed by atoms with Crippen molar-refractivity contribution in [3.63, 3.8) is 0 Å². The number of anilines is 1. The third-order valence-electron chi connectivity index (χ3n) is 2.25. The number of hydrogen-bond acceptors (Lipinski definition) is 4. The summed E-state index contributed by atoms with van der Waals surface area (Å²) in [5.41, 5.74) is 1.54. The molecule has 0 atom stereocenters. The summed E-state index contributed by atoms with van der Waals surface area (Å²) in [6, 6.07) is 5.39. The first-order chi connectivity index (χ1) is 9.06. The molecule has 106 valence electrons. The van der Waals surface area contributed by atoms with E-state index in [4.69, 9.17) is 14.2 Å². The van der Waals surface area contributed by atoms with E-state index < -0.39 is 6.09 Å². The lowest BCUT2D eigenvalue weighted by atomic mass is 10.2. The molecule has 0 heterocycles. The van der Waals surface area contributed by atoms with Crippen LogP contribution in [0.1, 0.15) is 26.3 Å². The molecule has 1 aromatic rings. The third-order valence-corrected chi connectivity index (χ3v) is 2.25. The lowest BCUT2D eigenvalue weighted by Crippen LogP contribution is -2.18. The molecule has 19 heavy (non-hydrogen) atoms. The lowest BCUT2D eigenvalue weighted by Gasteiger charge is -2.13. The van der Waals surface area contributed by atoms with Crippen molar-refractivity contribution < 1.29 is 19.0 Å². The van der Waals surface area contributed by atoms with Gasteiger partial charge in [-0.1, -0.05) is 0 Å². The second-order valence-electron chi connectivity index (χ2n) is 4.27. The van der Waals surface area contributed by atoms with Gasteiger partial charge in [-0.25, -0.2) is 4.79 Å². The lowest BCUT2D eigenvalue weighted by molar-refractivity contribution is 0.130. The molecule has 0 aliphatic carbocycles. The Labute approximate surface area is 113 Å². The van der Waals surface area contributed by atoms with Gasteiger partial charge in [-0.3, -0.25) is 5.32 Å². The molecule has 1 N–H and O–H groups in total. The van der Waals surface area contributed by atoms with Crippen LogP contribution < -0.4 is 10.1 Å². The van der Waals surface area contributed by atoms with Crippen molar-refractivity contribution >= 4 is 11.8 Å². The number of ether oxygens (including phenoxy) is 3. The molecule has 0 aromatic heterocycles. The van der Waals surface area contributed by atoms with Gasteiger partial charge in [-0.05, 0) is 39.0 Å². The van der Waals surface area contributed by atoms with E-state index in [2.05, 4.69) is 5.32 Å². The highest BCUT2D eigenvalue weighted by Gasteiger charge is 2.09. The molecule has 0 aliphatic heterocycles. The van der Waals surface area contributed by atoms with Crippen LogP contribution in [-0.2, 0) is 16.1 Å². The molecule has 1 rings (SSSR count). The van der Waals surface area contributed by atoms with Gasteiger partial charge in [0, 0.05) is 18.4 Å². The average molecular weight is 267 g/mol. The van der Waals surface area contributed by atoms with Gasteiger partial charge in [-0.15, -0.1) is 0 Å². The molecule has 1 amide bonds. The molecule has 0 aliphatic rings. The van der Waals surface area contributed by atoms with Crippen molar-refractivity contribution in [1.29, 1.82) is 0 Å². The molecule has 5 nitrogen and oxygen atoms in total. The Hall–Kier alpha value is -1.75. The first-order valence-corrected chi connectivity index (χ1v) is 6.29. The normalized spacial score (nSPS) is 10.4. The van der Waals surface area contributed by atoms with Gasteiger partial charge in [0.05, 0.1) is 19.3 Å². The van der Waals surface area contributed by atoms with Crippen LogP contribution in [-0.4, -0.2) is 25.9 Å². The zero-order valence-electron chi connectivity index (χ0n) is 11.9. The van der Waals surface area contributed by atoms with Gasteiger partial charge in [0.1, 0.15) is 5.75 Å². The van der Waals surface area contributed by atoms with E-state index in [0.717, 1.165) is 11.3 Å². The number of methoxy groups -OCH3 is 1. The number of carbonyl (C=O) groups excluding carboxylic acids is 1. The smallest absolute Gasteiger partial charge is 0.411 e. The van der Waals surface area contributed by atoms with E-state index in [9.17, 15) is 4.79 Å². The Kier molecular flexibility index (Phi) is 6.15. The van der Waals surface area contributed by atoms with Crippen molar-refractivity contribution in [2.75, 3.05) is 19.0 Å². The summed E-state index contributed by atoms with van der Waals surface area (Å²) in [5.74, 6) is 0.757. The summed E-state index contributed by atoms with van der Waals surface area (Å²) in [7, 11) is 1.61. The van der Waals surface area contributed by atoms with Crippen LogP contribution in [0, 0.1) is 0 Å². The molecule has 0 saturated carbocycles. The summed E-state index contributed by atoms with van der Waals surface area (Å²) in [6.45, 7) is 6.52. The second kappa shape index (κ2) is 7.63. The first-order valence-electron chi connectivity index (χ1n) is 6.29. The number of benzene rings is 1. The number of nitrogens with one attached hydrogen (secondary N) is 1. The summed E-state index contributed by atoms with van der Waals surface area (Å²) in [6.07, 6.45) is -0.622. The average Bonchev–Trinajstić information content (AvgIpc) is 2.32. The van der Waals surface area contributed by atoms with Gasteiger partial charge in [0.15, 0.2) is 0 Å². The summed E-state index contributed by atoms with van der Waals surface area (Å²) in [5, 5.41) is 2.67. The van der Waals surface area contributed by atoms with E-state index in [1.54, 1.807) is 27.0 Å². The Balaban J connectivity index is 2.79. The number of rotatable bonds is 6. The van der Waals surface area contributed by atoms with Gasteiger partial charge >= 0.3 is 6.09 Å². The maximum absolute atomic E-state index is 11.5. The van der Waals surface area contributed by atoms with Crippen LogP contribution in [0.3, 0.4) is 0 Å². The maximum atomic E-state index is 11.5. The highest BCUT2D eigenvalue weighted by atomic mass is 16.6. The standard InChI is InChI=1S/C14H21NO4/c1-5-18-13-7-6-12(8-11(13)9-17-4)15-14(16)19-10(2)3/h6-8,10H,5,9H2,1-4H3,(H,15,16). The predicted octanol–water partition coefficient (Wildman–Crippen LogP) is 3.19. The highest BCUT2D eigenvalue weighted by Crippen LogP contribution is 2.24. The van der Waals surface area contributed by atoms with Crippen LogP contribution >= 0.6 is 0 Å².